The van der Waals surface area contributed by atoms with Crippen molar-refractivity contribution in [1.82, 2.24) is 10.2 Å². The second-order valence-electron chi connectivity index (χ2n) is 7.61. The van der Waals surface area contributed by atoms with E-state index in [1.807, 2.05) is 37.3 Å². The predicted molar refractivity (Wildman–Crippen MR) is 114 cm³/mol. The summed E-state index contributed by atoms with van der Waals surface area (Å²) in [5.74, 6) is -0.551. The molecule has 2 aliphatic rings. The number of nitrogens with one attached hydrogen (secondary N) is 1. The van der Waals surface area contributed by atoms with Gasteiger partial charge in [-0.2, -0.15) is 5.10 Å². The quantitative estimate of drug-likeness (QED) is 0.690. The normalized spacial score (nSPS) is 21.2. The van der Waals surface area contributed by atoms with E-state index in [9.17, 15) is 14.4 Å². The minimum absolute atomic E-state index is 0.0245. The summed E-state index contributed by atoms with van der Waals surface area (Å²) in [4.78, 5) is 39.4. The van der Waals surface area contributed by atoms with Crippen molar-refractivity contribution in [1.29, 1.82) is 0 Å². The molecule has 2 unspecified atom stereocenters. The summed E-state index contributed by atoms with van der Waals surface area (Å²) in [5.41, 5.74) is 1.00. The van der Waals surface area contributed by atoms with Crippen molar-refractivity contribution in [2.45, 2.75) is 58.0 Å². The molecule has 0 radical (unpaired) electrons. The first-order valence-electron chi connectivity index (χ1n) is 10.7. The van der Waals surface area contributed by atoms with Crippen molar-refractivity contribution in [3.05, 3.63) is 30.3 Å². The van der Waals surface area contributed by atoms with E-state index in [1.54, 1.807) is 16.8 Å². The maximum Gasteiger partial charge on any atom is 0.354 e. The standard InChI is InChI=1S/C22H30N4O4/c1-3-9-20(27)23-16-10-8-13-25(15-16)21(28)19-14-18(22(29)30-4-2)24-26(19)17-11-6-5-7-12-17/h5-7,11-12,16,19H,3-4,8-10,13-15H2,1-2H3,(H,23,27). The Morgan fingerprint density at radius 1 is 1.20 bits per heavy atom. The topological polar surface area (TPSA) is 91.3 Å². The molecule has 2 heterocycles. The van der Waals surface area contributed by atoms with Crippen LogP contribution in [-0.2, 0) is 19.1 Å². The lowest BCUT2D eigenvalue weighted by atomic mass is 10.0. The summed E-state index contributed by atoms with van der Waals surface area (Å²) in [5, 5.41) is 9.08. The van der Waals surface area contributed by atoms with Gasteiger partial charge in [-0.25, -0.2) is 4.79 Å². The molecule has 162 valence electrons. The van der Waals surface area contributed by atoms with Crippen molar-refractivity contribution in [2.75, 3.05) is 24.7 Å². The van der Waals surface area contributed by atoms with Crippen molar-refractivity contribution < 1.29 is 19.1 Å². The summed E-state index contributed by atoms with van der Waals surface area (Å²) in [6.45, 7) is 5.07. The van der Waals surface area contributed by atoms with E-state index in [1.165, 1.54) is 0 Å². The fraction of sp³-hybridized carbons (Fsp3) is 0.545. The van der Waals surface area contributed by atoms with Gasteiger partial charge in [0.05, 0.1) is 12.3 Å². The number of benzene rings is 1. The number of para-hydroxylation sites is 1. The molecule has 8 nitrogen and oxygen atoms in total. The second-order valence-corrected chi connectivity index (χ2v) is 7.61. The first kappa shape index (κ1) is 21.8. The van der Waals surface area contributed by atoms with Crippen LogP contribution in [-0.4, -0.2) is 60.2 Å². The first-order chi connectivity index (χ1) is 14.5. The number of nitrogens with zero attached hydrogens (tertiary/aromatic N) is 3. The molecule has 0 saturated carbocycles. The minimum Gasteiger partial charge on any atom is -0.461 e. The fourth-order valence-electron chi connectivity index (χ4n) is 3.89. The van der Waals surface area contributed by atoms with E-state index in [0.717, 1.165) is 24.9 Å². The highest BCUT2D eigenvalue weighted by Gasteiger charge is 2.40. The molecule has 0 aromatic heterocycles. The highest BCUT2D eigenvalue weighted by Crippen LogP contribution is 2.27. The van der Waals surface area contributed by atoms with E-state index >= 15 is 0 Å². The van der Waals surface area contributed by atoms with Gasteiger partial charge in [-0.1, -0.05) is 25.1 Å². The predicted octanol–water partition coefficient (Wildman–Crippen LogP) is 2.09. The van der Waals surface area contributed by atoms with Crippen molar-refractivity contribution in [2.24, 2.45) is 5.10 Å². The van der Waals surface area contributed by atoms with Crippen LogP contribution < -0.4 is 10.3 Å². The number of rotatable bonds is 7. The van der Waals surface area contributed by atoms with Crippen molar-refractivity contribution in [3.63, 3.8) is 0 Å². The van der Waals surface area contributed by atoms with E-state index in [4.69, 9.17) is 4.74 Å². The summed E-state index contributed by atoms with van der Waals surface area (Å²) >= 11 is 0. The van der Waals surface area contributed by atoms with Crippen LogP contribution in [0, 0.1) is 0 Å². The Morgan fingerprint density at radius 3 is 2.67 bits per heavy atom. The van der Waals surface area contributed by atoms with Gasteiger partial charge in [0, 0.05) is 32.0 Å². The largest absolute Gasteiger partial charge is 0.461 e. The molecule has 1 aromatic rings. The van der Waals surface area contributed by atoms with Gasteiger partial charge in [0.15, 0.2) is 0 Å². The van der Waals surface area contributed by atoms with Crippen molar-refractivity contribution in [3.8, 4) is 0 Å². The second kappa shape index (κ2) is 10.2. The third-order valence-electron chi connectivity index (χ3n) is 5.30. The molecule has 30 heavy (non-hydrogen) atoms. The number of anilines is 1. The molecule has 0 aliphatic carbocycles. The maximum absolute atomic E-state index is 13.4. The average molecular weight is 415 g/mol. The lowest BCUT2D eigenvalue weighted by Gasteiger charge is -2.36. The number of amides is 2. The zero-order chi connectivity index (χ0) is 21.5. The zero-order valence-electron chi connectivity index (χ0n) is 17.7. The van der Waals surface area contributed by atoms with Crippen LogP contribution in [0.5, 0.6) is 0 Å². The lowest BCUT2D eigenvalue weighted by molar-refractivity contribution is -0.135. The molecule has 1 saturated heterocycles. The Bertz CT molecular complexity index is 796. The average Bonchev–Trinajstić information content (AvgIpc) is 3.20. The molecular formula is C22H30N4O4. The summed E-state index contributed by atoms with van der Waals surface area (Å²) in [7, 11) is 0. The van der Waals surface area contributed by atoms with Crippen LogP contribution in [0.4, 0.5) is 5.69 Å². The van der Waals surface area contributed by atoms with Gasteiger partial charge >= 0.3 is 5.97 Å². The third-order valence-corrected chi connectivity index (χ3v) is 5.30. The first-order valence-corrected chi connectivity index (χ1v) is 10.7. The summed E-state index contributed by atoms with van der Waals surface area (Å²) in [6.07, 6.45) is 3.17. The van der Waals surface area contributed by atoms with E-state index in [2.05, 4.69) is 10.4 Å². The van der Waals surface area contributed by atoms with Gasteiger partial charge in [-0.05, 0) is 38.3 Å². The van der Waals surface area contributed by atoms with E-state index in [-0.39, 0.29) is 36.6 Å². The molecule has 0 bridgehead atoms. The molecule has 8 heteroatoms. The number of hydrogen-bond donors (Lipinski definition) is 1. The van der Waals surface area contributed by atoms with Crippen LogP contribution in [0.15, 0.2) is 35.4 Å². The van der Waals surface area contributed by atoms with Crippen LogP contribution in [0.1, 0.15) is 46.0 Å². The summed E-state index contributed by atoms with van der Waals surface area (Å²) < 4.78 is 5.10. The van der Waals surface area contributed by atoms with Gasteiger partial charge in [-0.3, -0.25) is 14.6 Å². The Kier molecular flexibility index (Phi) is 7.43. The van der Waals surface area contributed by atoms with Gasteiger partial charge in [0.25, 0.3) is 0 Å². The molecule has 2 atom stereocenters. The minimum atomic E-state index is -0.600. The van der Waals surface area contributed by atoms with Gasteiger partial charge < -0.3 is 15.0 Å². The Hall–Kier alpha value is -2.90. The zero-order valence-corrected chi connectivity index (χ0v) is 17.7. The highest BCUT2D eigenvalue weighted by atomic mass is 16.5. The van der Waals surface area contributed by atoms with Gasteiger partial charge in [0.2, 0.25) is 11.8 Å². The molecule has 3 rings (SSSR count). The number of carbonyl (C=O) groups is 3. The Balaban J connectivity index is 1.74. The number of likely N-dealkylation sites (tertiary alicyclic amines) is 1. The Morgan fingerprint density at radius 2 is 1.97 bits per heavy atom. The van der Waals surface area contributed by atoms with Crippen LogP contribution in [0.3, 0.4) is 0 Å². The van der Waals surface area contributed by atoms with Gasteiger partial charge in [0.1, 0.15) is 11.8 Å². The number of hydrazone groups is 1. The third kappa shape index (κ3) is 5.17. The SMILES string of the molecule is CCCC(=O)NC1CCCN(C(=O)C2CC(C(=O)OCC)=NN2c2ccccc2)C1. The summed E-state index contributed by atoms with van der Waals surface area (Å²) in [6, 6.07) is 8.71. The van der Waals surface area contributed by atoms with E-state index < -0.39 is 12.0 Å². The number of piperidine rings is 1. The van der Waals surface area contributed by atoms with Gasteiger partial charge in [-0.15, -0.1) is 0 Å². The van der Waals surface area contributed by atoms with E-state index in [0.29, 0.717) is 19.5 Å². The molecular weight excluding hydrogens is 384 g/mol. The monoisotopic (exact) mass is 414 g/mol. The van der Waals surface area contributed by atoms with Crippen molar-refractivity contribution >= 4 is 29.2 Å². The number of ether oxygens (including phenoxy) is 1. The molecule has 1 aromatic carbocycles. The Labute approximate surface area is 177 Å². The molecule has 1 fully saturated rings. The molecule has 2 aliphatic heterocycles. The highest BCUT2D eigenvalue weighted by molar-refractivity contribution is 6.38. The van der Waals surface area contributed by atoms with Crippen LogP contribution in [0.25, 0.3) is 0 Å². The van der Waals surface area contributed by atoms with Crippen LogP contribution >= 0.6 is 0 Å². The smallest absolute Gasteiger partial charge is 0.354 e. The fourth-order valence-corrected chi connectivity index (χ4v) is 3.89. The molecule has 1 N–H and O–H groups in total. The molecule has 2 amide bonds. The number of carbonyl (C=O) groups excluding carboxylic acids is 3. The molecule has 0 spiro atoms. The van der Waals surface area contributed by atoms with Crippen LogP contribution in [0.2, 0.25) is 0 Å². The lowest BCUT2D eigenvalue weighted by Crippen LogP contribution is -2.54. The number of hydrogen-bond acceptors (Lipinski definition) is 6. The maximum atomic E-state index is 13.4. The number of esters is 1.